The molecule has 0 aliphatic carbocycles. The number of H-pyrrole nitrogens is 1. The predicted octanol–water partition coefficient (Wildman–Crippen LogP) is 3.90. The van der Waals surface area contributed by atoms with E-state index in [-0.39, 0.29) is 28.9 Å². The zero-order valence-corrected chi connectivity index (χ0v) is 26.1. The van der Waals surface area contributed by atoms with Crippen molar-refractivity contribution in [1.82, 2.24) is 35.4 Å². The summed E-state index contributed by atoms with van der Waals surface area (Å²) in [6.45, 7) is 5.52. The quantitative estimate of drug-likeness (QED) is 0.355. The van der Waals surface area contributed by atoms with E-state index in [9.17, 15) is 14.9 Å². The lowest BCUT2D eigenvalue weighted by Crippen LogP contribution is -2.59. The summed E-state index contributed by atoms with van der Waals surface area (Å²) in [5.41, 5.74) is 2.01. The van der Waals surface area contributed by atoms with Crippen LogP contribution in [0.1, 0.15) is 77.0 Å². The number of carbonyl (C=O) groups excluding carboxylic acids is 2. The Hall–Kier alpha value is -3.53. The highest BCUT2D eigenvalue weighted by molar-refractivity contribution is 6.41. The van der Waals surface area contributed by atoms with Crippen LogP contribution in [0.4, 0.5) is 0 Å². The first-order chi connectivity index (χ1) is 21.1. The van der Waals surface area contributed by atoms with Crippen LogP contribution < -0.4 is 10.6 Å². The molecule has 6 rings (SSSR count). The number of hydrogen-bond acceptors (Lipinski definition) is 8. The maximum Gasteiger partial charge on any atom is 0.268 e. The number of carbonyl (C=O) groups is 2. The van der Waals surface area contributed by atoms with Gasteiger partial charge in [0, 0.05) is 37.3 Å². The number of piperidine rings is 1. The number of nitriles is 1. The van der Waals surface area contributed by atoms with E-state index in [1.165, 1.54) is 6.07 Å². The number of likely N-dealkylation sites (tertiary alicyclic amines) is 1. The van der Waals surface area contributed by atoms with Gasteiger partial charge in [0.05, 0.1) is 41.1 Å². The van der Waals surface area contributed by atoms with Crippen LogP contribution in [0.15, 0.2) is 36.5 Å². The van der Waals surface area contributed by atoms with Crippen molar-refractivity contribution in [2.45, 2.75) is 63.0 Å². The predicted molar refractivity (Wildman–Crippen MR) is 164 cm³/mol. The van der Waals surface area contributed by atoms with Crippen LogP contribution in [-0.2, 0) is 22.6 Å². The summed E-state index contributed by atoms with van der Waals surface area (Å²) in [4.78, 5) is 44.4. The van der Waals surface area contributed by atoms with E-state index in [0.29, 0.717) is 17.4 Å². The fourth-order valence-electron chi connectivity index (χ4n) is 6.23. The van der Waals surface area contributed by atoms with Gasteiger partial charge in [0.1, 0.15) is 16.4 Å². The van der Waals surface area contributed by atoms with Gasteiger partial charge >= 0.3 is 0 Å². The maximum atomic E-state index is 14.0. The van der Waals surface area contributed by atoms with Gasteiger partial charge in [0.15, 0.2) is 5.82 Å². The van der Waals surface area contributed by atoms with E-state index in [1.54, 1.807) is 18.2 Å². The fraction of sp³-hybridized carbons (Fsp3) is 0.452. The molecule has 0 spiro atoms. The number of aromatic amines is 1. The maximum absolute atomic E-state index is 14.0. The van der Waals surface area contributed by atoms with Crippen molar-refractivity contribution in [3.8, 4) is 6.07 Å². The lowest BCUT2D eigenvalue weighted by Gasteiger charge is -2.34. The second-order valence-electron chi connectivity index (χ2n) is 12.0. The second kappa shape index (κ2) is 12.5. The van der Waals surface area contributed by atoms with Crippen molar-refractivity contribution in [2.75, 3.05) is 26.7 Å². The summed E-state index contributed by atoms with van der Waals surface area (Å²) in [7, 11) is 2.16. The third-order valence-electron chi connectivity index (χ3n) is 8.85. The largest absolute Gasteiger partial charge is 0.370 e. The molecule has 3 aliphatic heterocycles. The first-order valence-corrected chi connectivity index (χ1v) is 15.5. The molecule has 2 aromatic heterocycles. The van der Waals surface area contributed by atoms with Crippen molar-refractivity contribution in [3.05, 3.63) is 80.6 Å². The molecule has 0 unspecified atom stereocenters. The molecule has 13 heteroatoms. The zero-order valence-electron chi connectivity index (χ0n) is 24.6. The van der Waals surface area contributed by atoms with Crippen LogP contribution in [0.25, 0.3) is 0 Å². The normalized spacial score (nSPS) is 23.2. The second-order valence-corrected chi connectivity index (χ2v) is 12.7. The zero-order chi connectivity index (χ0) is 31.0. The molecule has 1 aromatic carbocycles. The minimum atomic E-state index is -1.43. The van der Waals surface area contributed by atoms with Gasteiger partial charge in [-0.25, -0.2) is 9.97 Å². The van der Waals surface area contributed by atoms with E-state index in [4.69, 9.17) is 32.9 Å². The summed E-state index contributed by atoms with van der Waals surface area (Å²) in [6, 6.07) is 10.5. The van der Waals surface area contributed by atoms with Gasteiger partial charge in [-0.1, -0.05) is 35.3 Å². The number of amides is 2. The molecule has 2 amide bonds. The van der Waals surface area contributed by atoms with Crippen LogP contribution in [0, 0.1) is 11.3 Å². The van der Waals surface area contributed by atoms with E-state index in [2.05, 4.69) is 43.5 Å². The van der Waals surface area contributed by atoms with E-state index >= 15 is 0 Å². The van der Waals surface area contributed by atoms with Gasteiger partial charge in [-0.15, -0.1) is 0 Å². The van der Waals surface area contributed by atoms with Crippen molar-refractivity contribution in [1.29, 1.82) is 5.26 Å². The molecule has 5 heterocycles. The van der Waals surface area contributed by atoms with Crippen molar-refractivity contribution >= 4 is 35.0 Å². The highest BCUT2D eigenvalue weighted by atomic mass is 35.5. The number of fused-ring (bicyclic) bond motifs is 1. The van der Waals surface area contributed by atoms with Crippen molar-refractivity contribution in [2.24, 2.45) is 0 Å². The molecular weight excluding hydrogens is 603 g/mol. The number of hydrogen-bond donors (Lipinski definition) is 3. The molecule has 3 atom stereocenters. The lowest BCUT2D eigenvalue weighted by molar-refractivity contribution is -0.128. The fourth-order valence-corrected chi connectivity index (χ4v) is 6.55. The Labute approximate surface area is 265 Å². The third kappa shape index (κ3) is 6.18. The van der Waals surface area contributed by atoms with Gasteiger partial charge < -0.3 is 25.3 Å². The Kier molecular flexibility index (Phi) is 8.64. The van der Waals surface area contributed by atoms with Crippen molar-refractivity contribution in [3.63, 3.8) is 0 Å². The first kappa shape index (κ1) is 30.5. The molecule has 230 valence electrons. The Bertz CT molecular complexity index is 1600. The number of rotatable bonds is 7. The average molecular weight is 638 g/mol. The van der Waals surface area contributed by atoms with Gasteiger partial charge in [0.25, 0.3) is 5.91 Å². The topological polar surface area (TPSA) is 139 Å². The number of nitrogens with one attached hydrogen (secondary N) is 3. The Morgan fingerprint density at radius 2 is 2.02 bits per heavy atom. The average Bonchev–Trinajstić information content (AvgIpc) is 3.74. The lowest BCUT2D eigenvalue weighted by atomic mass is 9.91. The molecular formula is C31H34Cl2N8O3. The summed E-state index contributed by atoms with van der Waals surface area (Å²) in [6.07, 6.45) is 3.75. The van der Waals surface area contributed by atoms with Crippen LogP contribution >= 0.6 is 23.2 Å². The van der Waals surface area contributed by atoms with Crippen LogP contribution in [0.2, 0.25) is 10.2 Å². The molecule has 0 radical (unpaired) electrons. The molecule has 11 nitrogen and oxygen atoms in total. The molecule has 44 heavy (non-hydrogen) atoms. The summed E-state index contributed by atoms with van der Waals surface area (Å²) >= 11 is 12.1. The molecule has 3 aromatic rings. The first-order valence-electron chi connectivity index (χ1n) is 14.7. The molecule has 0 saturated carbocycles. The van der Waals surface area contributed by atoms with Crippen molar-refractivity contribution < 1.29 is 14.3 Å². The molecule has 2 saturated heterocycles. The SMILES string of the molecule is C[C@H](NC(=O)[C@]1(NC(=O)c2cc(Cl)c(Cl)[nH]2)CO[C@H](c2cccc(C#N)c2)C1)c1ncc2c(n1)CN(C1CCN(C)CC1)C2. The molecule has 2 fully saturated rings. The Morgan fingerprint density at radius 1 is 1.23 bits per heavy atom. The highest BCUT2D eigenvalue weighted by Crippen LogP contribution is 2.37. The van der Waals surface area contributed by atoms with Gasteiger partial charge in [-0.2, -0.15) is 5.26 Å². The Morgan fingerprint density at radius 3 is 2.75 bits per heavy atom. The van der Waals surface area contributed by atoms with Gasteiger partial charge in [-0.3, -0.25) is 14.5 Å². The molecule has 3 aliphatic rings. The molecule has 3 N–H and O–H groups in total. The highest BCUT2D eigenvalue weighted by Gasteiger charge is 2.49. The van der Waals surface area contributed by atoms with E-state index in [1.807, 2.05) is 19.2 Å². The summed E-state index contributed by atoms with van der Waals surface area (Å²) in [5.74, 6) is -0.485. The van der Waals surface area contributed by atoms with Crippen LogP contribution in [0.3, 0.4) is 0 Å². The Balaban J connectivity index is 1.19. The standard InChI is InChI=1S/C31H34Cl2N8O3/c1-18(28-35-14-21-15-41(16-25(21)38-28)22-6-8-40(2)9-7-22)36-30(43)31(39-29(42)24-11-23(32)27(33)37-24)12-26(44-17-31)20-5-3-4-19(10-20)13-34/h3-5,10-11,14,18,22,26,37H,6-9,12,15-17H2,1-2H3,(H,36,43)(H,39,42)/t18-,26-,31+/m0/s1. The third-order valence-corrected chi connectivity index (χ3v) is 9.54. The smallest absolute Gasteiger partial charge is 0.268 e. The van der Waals surface area contributed by atoms with Gasteiger partial charge in [-0.05, 0) is 63.7 Å². The molecule has 0 bridgehead atoms. The monoisotopic (exact) mass is 636 g/mol. The van der Waals surface area contributed by atoms with Crippen LogP contribution in [-0.4, -0.2) is 74.9 Å². The van der Waals surface area contributed by atoms with Crippen LogP contribution in [0.5, 0.6) is 0 Å². The van der Waals surface area contributed by atoms with E-state index in [0.717, 1.165) is 55.8 Å². The van der Waals surface area contributed by atoms with Gasteiger partial charge in [0.2, 0.25) is 5.91 Å². The number of benzene rings is 1. The summed E-state index contributed by atoms with van der Waals surface area (Å²) < 4.78 is 6.08. The number of ether oxygens (including phenoxy) is 1. The number of halogens is 2. The van der Waals surface area contributed by atoms with E-state index < -0.39 is 29.5 Å². The minimum Gasteiger partial charge on any atom is -0.370 e. The number of nitrogens with zero attached hydrogens (tertiary/aromatic N) is 5. The minimum absolute atomic E-state index is 0.0858. The summed E-state index contributed by atoms with van der Waals surface area (Å²) in [5, 5.41) is 15.6. The number of aromatic nitrogens is 3.